The van der Waals surface area contributed by atoms with Gasteiger partial charge in [0.05, 0.1) is 29.4 Å². The zero-order chi connectivity index (χ0) is 63.5. The number of nitrogens with zero attached hydrogens (tertiary/aromatic N) is 8. The highest BCUT2D eigenvalue weighted by molar-refractivity contribution is 7.07. The van der Waals surface area contributed by atoms with Crippen LogP contribution in [0.1, 0.15) is 281 Å². The summed E-state index contributed by atoms with van der Waals surface area (Å²) in [5, 5.41) is 13.6. The Labute approximate surface area is 484 Å². The van der Waals surface area contributed by atoms with Gasteiger partial charge in [0.1, 0.15) is 6.26 Å². The fraction of sp³-hybridized carbons (Fsp3) is 0.758. The second-order valence-corrected chi connectivity index (χ2v) is 24.3. The summed E-state index contributed by atoms with van der Waals surface area (Å²) in [6.45, 7) is 83.1. The second kappa shape index (κ2) is 80.2. The van der Waals surface area contributed by atoms with Crippen molar-refractivity contribution in [1.29, 1.82) is 0 Å². The summed E-state index contributed by atoms with van der Waals surface area (Å²) < 4.78 is 8.20. The average Bonchev–Trinajstić information content (AvgIpc) is 4.14. The van der Waals surface area contributed by atoms with Gasteiger partial charge in [0, 0.05) is 54.9 Å². The Kier molecular flexibility index (Phi) is 107. The highest BCUT2D eigenvalue weighted by Crippen LogP contribution is 2.24. The van der Waals surface area contributed by atoms with Crippen molar-refractivity contribution in [3.8, 4) is 0 Å². The third-order valence-electron chi connectivity index (χ3n) is 4.02. The first-order valence-corrected chi connectivity index (χ1v) is 30.2. The number of hydrogen-bond acceptors (Lipinski definition) is 8. The lowest BCUT2D eigenvalue weighted by atomic mass is 9.91. The molecule has 0 bridgehead atoms. The summed E-state index contributed by atoms with van der Waals surface area (Å²) in [6.07, 6.45) is 13.8. The van der Waals surface area contributed by atoms with Crippen molar-refractivity contribution in [2.75, 3.05) is 0 Å². The van der Waals surface area contributed by atoms with Gasteiger partial charge in [-0.15, -0.1) is 16.4 Å². The van der Waals surface area contributed by atoms with E-state index in [4.69, 9.17) is 0 Å². The van der Waals surface area contributed by atoms with Crippen LogP contribution in [-0.2, 0) is 12.5 Å². The molecule has 0 spiro atoms. The monoisotopic (exact) mass is 1100 g/mol. The van der Waals surface area contributed by atoms with Gasteiger partial charge in [-0.3, -0.25) is 9.97 Å². The molecule has 5 heterocycles. The van der Waals surface area contributed by atoms with Crippen LogP contribution in [0.5, 0.6) is 0 Å². The molecule has 0 aliphatic heterocycles. The molecule has 5 aromatic rings. The molecule has 76 heavy (non-hydrogen) atoms. The van der Waals surface area contributed by atoms with Crippen molar-refractivity contribution in [2.24, 2.45) is 53.9 Å². The minimum absolute atomic E-state index is 0.0945. The van der Waals surface area contributed by atoms with Crippen LogP contribution in [0, 0.1) is 53.8 Å². The topological polar surface area (TPSA) is 100 Å². The number of imidazole rings is 1. The van der Waals surface area contributed by atoms with Gasteiger partial charge in [-0.25, -0.2) is 9.67 Å². The summed E-state index contributed by atoms with van der Waals surface area (Å²) in [7, 11) is 1.94. The molecule has 10 heteroatoms. The zero-order valence-corrected chi connectivity index (χ0v) is 59.9. The molecule has 0 N–H and O–H groups in total. The van der Waals surface area contributed by atoms with Crippen LogP contribution in [0.25, 0.3) is 0 Å². The van der Waals surface area contributed by atoms with Gasteiger partial charge in [0.2, 0.25) is 0 Å². The van der Waals surface area contributed by atoms with Gasteiger partial charge in [0.15, 0.2) is 0 Å². The van der Waals surface area contributed by atoms with E-state index in [2.05, 4.69) is 250 Å². The summed E-state index contributed by atoms with van der Waals surface area (Å²) in [4.78, 5) is 11.3. The van der Waals surface area contributed by atoms with Crippen LogP contribution in [-0.4, -0.2) is 39.7 Å². The molecular formula is C66H142N8OS. The van der Waals surface area contributed by atoms with E-state index in [0.717, 1.165) is 47.1 Å². The molecule has 0 atom stereocenters. The molecule has 0 aromatic carbocycles. The normalized spacial score (nSPS) is 8.95. The molecule has 5 aromatic heterocycles. The van der Waals surface area contributed by atoms with Gasteiger partial charge in [-0.2, -0.15) is 0 Å². The van der Waals surface area contributed by atoms with E-state index < -0.39 is 0 Å². The molecule has 0 aliphatic rings. The SMILES string of the molecule is CC.CC.CC.CC.CC(C)(C)C.CC(C)C.CC(C)C.CC(C)C.CC(C)C.CC(C)C.CC(C)C.CC(C)C.Cc1c(C(C)(C)C)nnn1C(C)C.Cn1ccnc1.c1ccncc1.c1cnoc1.c1cscn1. The Hall–Kier alpha value is -3.66. The number of aryl methyl sites for hydroxylation is 1. The van der Waals surface area contributed by atoms with Gasteiger partial charge >= 0.3 is 0 Å². The van der Waals surface area contributed by atoms with Crippen molar-refractivity contribution < 1.29 is 4.52 Å². The van der Waals surface area contributed by atoms with Crippen LogP contribution in [0.15, 0.2) is 89.5 Å². The van der Waals surface area contributed by atoms with Crippen molar-refractivity contribution in [3.63, 3.8) is 0 Å². The summed E-state index contributed by atoms with van der Waals surface area (Å²) in [5.74, 6) is 5.83. The predicted molar refractivity (Wildman–Crippen MR) is 354 cm³/mol. The van der Waals surface area contributed by atoms with E-state index in [1.54, 1.807) is 60.2 Å². The fourth-order valence-corrected chi connectivity index (χ4v) is 2.87. The molecular weight excluding hydrogens is 953 g/mol. The third kappa shape index (κ3) is 189. The highest BCUT2D eigenvalue weighted by atomic mass is 32.1. The van der Waals surface area contributed by atoms with E-state index >= 15 is 0 Å². The molecule has 0 saturated heterocycles. The second-order valence-electron chi connectivity index (χ2n) is 23.6. The van der Waals surface area contributed by atoms with Gasteiger partial charge < -0.3 is 9.09 Å². The highest BCUT2D eigenvalue weighted by Gasteiger charge is 2.22. The molecule has 0 unspecified atom stereocenters. The molecule has 9 nitrogen and oxygen atoms in total. The lowest BCUT2D eigenvalue weighted by Gasteiger charge is -2.16. The maximum Gasteiger partial charge on any atom is 0.123 e. The van der Waals surface area contributed by atoms with Crippen LogP contribution in [0.2, 0.25) is 0 Å². The standard InChI is InChI=1S/C10H19N3.C5H5N.C5H12.C4H6N2.7C4H10.C3H3NO.C3H3NS.4C2H6/c1-7(2)13-8(3)9(11-12-13)10(4,5)6;1-2-4-6-5-3-1;1-5(2,3)4;1-6-3-2-5-4-6;7*1-4(2)3;1-2-4-5-3-1;1-2-5-3-4-1;4*1-2/h7H,1-6H3;1-5H;1-4H3;2-4H,1H3;7*4H,1-3H3;2*1-3H;4*1-2H3. The van der Waals surface area contributed by atoms with Crippen LogP contribution in [0.4, 0.5) is 0 Å². The Morgan fingerprint density at radius 1 is 0.461 bits per heavy atom. The van der Waals surface area contributed by atoms with E-state index in [1.807, 2.05) is 101 Å². The Morgan fingerprint density at radius 3 is 0.895 bits per heavy atom. The minimum atomic E-state index is 0.0945. The van der Waals surface area contributed by atoms with Crippen LogP contribution < -0.4 is 0 Å². The van der Waals surface area contributed by atoms with Crippen LogP contribution >= 0.6 is 11.3 Å². The Bertz CT molecular complexity index is 1320. The molecule has 0 aliphatic carbocycles. The molecule has 0 saturated carbocycles. The summed E-state index contributed by atoms with van der Waals surface area (Å²) in [6, 6.07) is 7.83. The number of pyridine rings is 1. The smallest absolute Gasteiger partial charge is 0.123 e. The van der Waals surface area contributed by atoms with Gasteiger partial charge in [0.25, 0.3) is 0 Å². The molecule has 0 amide bonds. The van der Waals surface area contributed by atoms with Gasteiger partial charge in [-0.1, -0.05) is 266 Å². The molecule has 0 fully saturated rings. The van der Waals surface area contributed by atoms with Crippen molar-refractivity contribution in [3.05, 3.63) is 96.3 Å². The number of rotatable bonds is 1. The molecule has 0 radical (unpaired) electrons. The quantitative estimate of drug-likeness (QED) is 0.165. The van der Waals surface area contributed by atoms with Crippen molar-refractivity contribution in [2.45, 2.75) is 281 Å². The van der Waals surface area contributed by atoms with E-state index in [-0.39, 0.29) is 5.41 Å². The average molecular weight is 1100 g/mol. The Morgan fingerprint density at radius 2 is 0.803 bits per heavy atom. The molecule has 5 rings (SSSR count). The number of thiazole rings is 1. The number of hydrogen-bond donors (Lipinski definition) is 0. The van der Waals surface area contributed by atoms with E-state index in [0.29, 0.717) is 11.5 Å². The summed E-state index contributed by atoms with van der Waals surface area (Å²) in [5.41, 5.74) is 4.67. The lowest BCUT2D eigenvalue weighted by molar-refractivity contribution is 0.420. The van der Waals surface area contributed by atoms with Crippen molar-refractivity contribution >= 4 is 11.3 Å². The largest absolute Gasteiger partial charge is 0.365 e. The zero-order valence-electron chi connectivity index (χ0n) is 59.1. The van der Waals surface area contributed by atoms with E-state index in [9.17, 15) is 0 Å². The summed E-state index contributed by atoms with van der Waals surface area (Å²) >= 11 is 1.60. The number of aromatic nitrogens is 8. The van der Waals surface area contributed by atoms with Crippen molar-refractivity contribution in [1.82, 2.24) is 39.7 Å². The lowest BCUT2D eigenvalue weighted by Crippen LogP contribution is -2.14. The first kappa shape index (κ1) is 101. The Balaban J connectivity index is -0.0000000589. The van der Waals surface area contributed by atoms with Gasteiger partial charge in [-0.05, 0) is 85.8 Å². The van der Waals surface area contributed by atoms with E-state index in [1.165, 1.54) is 12.0 Å². The first-order valence-electron chi connectivity index (χ1n) is 29.2. The first-order chi connectivity index (χ1) is 34.9. The predicted octanol–water partition coefficient (Wildman–Crippen LogP) is 23.6. The molecule has 458 valence electrons. The maximum absolute atomic E-state index is 4.33. The minimum Gasteiger partial charge on any atom is -0.365 e. The fourth-order valence-electron chi connectivity index (χ4n) is 2.51. The third-order valence-corrected chi connectivity index (χ3v) is 4.55. The van der Waals surface area contributed by atoms with Crippen LogP contribution in [0.3, 0.4) is 0 Å². The maximum atomic E-state index is 4.33.